The summed E-state index contributed by atoms with van der Waals surface area (Å²) in [7, 11) is 0. The molecule has 0 bridgehead atoms. The van der Waals surface area contributed by atoms with E-state index < -0.39 is 17.4 Å². The standard InChI is InChI=1S/C17H17.2C6H5.C5H5.2ClH.H2Si.Zr/c1-3-12-5-7-16-14(9-12)11-15-10-13(4-2)6-8-17(15)16;2*1-2-4-6-5-3-1;1-2-4-5-3-1;;;;/h5-9H,3-4,11H2,1-2H3;2*1-5H;1-3H,4H2;2*1H;1H2;. The Kier molecular flexibility index (Phi) is 8.61. The van der Waals surface area contributed by atoms with Crippen molar-refractivity contribution in [3.05, 3.63) is 135 Å². The minimum atomic E-state index is -4.29. The zero-order valence-corrected chi connectivity index (χ0v) is 27.7. The van der Waals surface area contributed by atoms with E-state index in [2.05, 4.69) is 130 Å². The second kappa shape index (κ2) is 11.3. The van der Waals surface area contributed by atoms with E-state index in [0.717, 1.165) is 25.7 Å². The van der Waals surface area contributed by atoms with E-state index in [9.17, 15) is 0 Å². The van der Waals surface area contributed by atoms with Crippen molar-refractivity contribution < 1.29 is 17.4 Å². The van der Waals surface area contributed by atoms with Gasteiger partial charge in [0, 0.05) is 0 Å². The normalized spacial score (nSPS) is 13.7. The van der Waals surface area contributed by atoms with Crippen LogP contribution in [0, 0.1) is 0 Å². The number of allylic oxidation sites excluding steroid dienone is 4. The van der Waals surface area contributed by atoms with E-state index in [-0.39, 0.29) is 24.8 Å². The molecule has 0 heterocycles. The van der Waals surface area contributed by atoms with Crippen molar-refractivity contribution in [1.82, 2.24) is 0 Å². The second-order valence-electron chi connectivity index (χ2n) is 10.5. The molecule has 2 aliphatic rings. The van der Waals surface area contributed by atoms with Crippen molar-refractivity contribution in [1.29, 1.82) is 0 Å². The van der Waals surface area contributed by atoms with E-state index in [1.54, 1.807) is 24.2 Å². The van der Waals surface area contributed by atoms with Gasteiger partial charge in [-0.05, 0) is 0 Å². The molecule has 2 aliphatic carbocycles. The molecule has 0 nitrogen and oxygen atoms in total. The van der Waals surface area contributed by atoms with Crippen LogP contribution in [0.1, 0.15) is 42.5 Å². The minimum absolute atomic E-state index is 0. The molecule has 0 saturated heterocycles. The molecule has 0 aliphatic heterocycles. The molecule has 0 amide bonds. The molecule has 4 aromatic rings. The van der Waals surface area contributed by atoms with Gasteiger partial charge in [-0.1, -0.05) is 0 Å². The molecule has 0 aromatic heterocycles. The first kappa shape index (κ1) is 29.0. The number of benzene rings is 4. The van der Waals surface area contributed by atoms with Crippen molar-refractivity contribution in [3.8, 4) is 11.1 Å². The van der Waals surface area contributed by atoms with Crippen LogP contribution in [0.4, 0.5) is 0 Å². The largest absolute Gasteiger partial charge is 0.147 e. The van der Waals surface area contributed by atoms with Gasteiger partial charge in [-0.3, -0.25) is 0 Å². The Balaban J connectivity index is 0.00000168. The van der Waals surface area contributed by atoms with Gasteiger partial charge in [0.2, 0.25) is 0 Å². The number of hydrogen-bond acceptors (Lipinski definition) is 0. The summed E-state index contributed by atoms with van der Waals surface area (Å²) in [5, 5.41) is 0. The Labute approximate surface area is 242 Å². The predicted molar refractivity (Wildman–Crippen MR) is 170 cm³/mol. The van der Waals surface area contributed by atoms with Crippen molar-refractivity contribution in [2.75, 3.05) is 0 Å². The molecule has 6 rings (SSSR count). The first-order valence-corrected chi connectivity index (χ1v) is 24.2. The van der Waals surface area contributed by atoms with E-state index in [4.69, 9.17) is 0 Å². The molecule has 4 heteroatoms. The summed E-state index contributed by atoms with van der Waals surface area (Å²) in [6.07, 6.45) is 11.4. The third kappa shape index (κ3) is 4.11. The van der Waals surface area contributed by atoms with Crippen LogP contribution in [0.3, 0.4) is 0 Å². The average Bonchev–Trinajstić information content (AvgIpc) is 3.61. The molecule has 0 saturated carbocycles. The van der Waals surface area contributed by atoms with Crippen molar-refractivity contribution in [3.63, 3.8) is 0 Å². The summed E-state index contributed by atoms with van der Waals surface area (Å²) in [6, 6.07) is 35.3. The Morgan fingerprint density at radius 3 is 1.92 bits per heavy atom. The van der Waals surface area contributed by atoms with E-state index in [1.807, 2.05) is 0 Å². The molecular weight excluding hydrogens is 599 g/mol. The van der Waals surface area contributed by atoms with Gasteiger partial charge in [-0.2, -0.15) is 0 Å². The van der Waals surface area contributed by atoms with Gasteiger partial charge < -0.3 is 0 Å². The van der Waals surface area contributed by atoms with Gasteiger partial charge in [0.15, 0.2) is 0 Å². The number of halogens is 2. The fraction of sp³-hybridized carbons (Fsp3) is 0.176. The summed E-state index contributed by atoms with van der Waals surface area (Å²) in [5.74, 6) is 0. The quantitative estimate of drug-likeness (QED) is 0.185. The zero-order chi connectivity index (χ0) is 24.8. The van der Waals surface area contributed by atoms with Gasteiger partial charge in [-0.15, -0.1) is 24.8 Å². The Morgan fingerprint density at radius 1 is 0.737 bits per heavy atom. The van der Waals surface area contributed by atoms with Crippen LogP contribution in [-0.2, 0) is 36.7 Å². The topological polar surface area (TPSA) is 0 Å². The second-order valence-corrected chi connectivity index (χ2v) is 31.7. The predicted octanol–water partition coefficient (Wildman–Crippen LogP) is 6.58. The fourth-order valence-corrected chi connectivity index (χ4v) is 30.5. The van der Waals surface area contributed by atoms with E-state index in [0.29, 0.717) is 0 Å². The van der Waals surface area contributed by atoms with Crippen LogP contribution in [0.15, 0.2) is 113 Å². The third-order valence-corrected chi connectivity index (χ3v) is 35.0. The maximum absolute atomic E-state index is 4.29. The molecule has 0 N–H and O–H groups in total. The summed E-state index contributed by atoms with van der Waals surface area (Å²) < 4.78 is 6.50. The first-order chi connectivity index (χ1) is 17.6. The Bertz CT molecular complexity index is 1560. The van der Waals surface area contributed by atoms with Gasteiger partial charge >= 0.3 is 220 Å². The van der Waals surface area contributed by atoms with E-state index in [1.165, 1.54) is 22.3 Å². The number of aryl methyl sites for hydroxylation is 2. The number of hydrogen-bond donors (Lipinski definition) is 0. The SMILES string of the molecule is CCc1ccc2c(c1)Cc1c-2ccc(CC)[c]1[Zr](=[SiH2])([C]1=CC=CC1)([c]1ccccc1)[c]1ccccc1.Cl.Cl. The average molecular weight is 635 g/mol. The molecule has 0 fully saturated rings. The molecule has 0 radical (unpaired) electrons. The van der Waals surface area contributed by atoms with Crippen LogP contribution in [-0.4, -0.2) is 6.88 Å². The van der Waals surface area contributed by atoms with Crippen LogP contribution in [0.5, 0.6) is 0 Å². The zero-order valence-electron chi connectivity index (χ0n) is 22.2. The summed E-state index contributed by atoms with van der Waals surface area (Å²) >= 11 is -4.29. The number of rotatable bonds is 6. The summed E-state index contributed by atoms with van der Waals surface area (Å²) in [6.45, 7) is 7.02. The Morgan fingerprint density at radius 2 is 1.37 bits per heavy atom. The van der Waals surface area contributed by atoms with Gasteiger partial charge in [0.1, 0.15) is 0 Å². The first-order valence-electron chi connectivity index (χ1n) is 13.4. The summed E-state index contributed by atoms with van der Waals surface area (Å²) in [4.78, 5) is 0. The van der Waals surface area contributed by atoms with Gasteiger partial charge in [0.05, 0.1) is 0 Å². The minimum Gasteiger partial charge on any atom is -0.147 e. The molecule has 4 aromatic carbocycles. The smallest absolute Gasteiger partial charge is 0.147 e. The molecule has 38 heavy (non-hydrogen) atoms. The van der Waals surface area contributed by atoms with Crippen LogP contribution >= 0.6 is 24.8 Å². The van der Waals surface area contributed by atoms with Gasteiger partial charge in [0.25, 0.3) is 0 Å². The Hall–Kier alpha value is -1.96. The molecule has 0 atom stereocenters. The molecular formula is C34H36Cl2SiZr. The summed E-state index contributed by atoms with van der Waals surface area (Å²) in [5.41, 5.74) is 8.99. The van der Waals surface area contributed by atoms with Crippen molar-refractivity contribution in [2.24, 2.45) is 0 Å². The number of fused-ring (bicyclic) bond motifs is 3. The van der Waals surface area contributed by atoms with Gasteiger partial charge in [-0.25, -0.2) is 0 Å². The van der Waals surface area contributed by atoms with E-state index >= 15 is 0 Å². The fourth-order valence-electron chi connectivity index (χ4n) is 7.04. The van der Waals surface area contributed by atoms with Crippen molar-refractivity contribution in [2.45, 2.75) is 39.5 Å². The van der Waals surface area contributed by atoms with Crippen molar-refractivity contribution >= 4 is 41.5 Å². The van der Waals surface area contributed by atoms with Crippen LogP contribution in [0.25, 0.3) is 11.1 Å². The monoisotopic (exact) mass is 632 g/mol. The van der Waals surface area contributed by atoms with Crippen LogP contribution < -0.4 is 9.81 Å². The maximum atomic E-state index is 2.48. The molecule has 0 spiro atoms. The molecule has 0 unspecified atom stereocenters. The van der Waals surface area contributed by atoms with Crippen LogP contribution in [0.2, 0.25) is 0 Å². The maximum Gasteiger partial charge on any atom is -0.147 e. The molecule has 194 valence electrons. The third-order valence-electron chi connectivity index (χ3n) is 8.87.